The highest BCUT2D eigenvalue weighted by Crippen LogP contribution is 2.20. The molecular weight excluding hydrogens is 609 g/mol. The summed E-state index contributed by atoms with van der Waals surface area (Å²) in [5, 5.41) is 13.8. The number of benzene rings is 2. The average Bonchev–Trinajstić information content (AvgIpc) is 3.02. The van der Waals surface area contributed by atoms with E-state index in [9.17, 15) is 14.0 Å². The zero-order valence-corrected chi connectivity index (χ0v) is 29.7. The minimum absolute atomic E-state index is 0.00268. The van der Waals surface area contributed by atoms with E-state index in [1.54, 1.807) is 13.1 Å². The van der Waals surface area contributed by atoms with Crippen LogP contribution in [0.15, 0.2) is 48.7 Å². The van der Waals surface area contributed by atoms with E-state index in [2.05, 4.69) is 55.3 Å². The quantitative estimate of drug-likeness (QED) is 0.167. The number of urea groups is 1. The van der Waals surface area contributed by atoms with Crippen LogP contribution in [0.1, 0.15) is 84.0 Å². The number of pyridine rings is 1. The fraction of sp³-hybridized carbons (Fsp3) is 0.500. The van der Waals surface area contributed by atoms with Crippen LogP contribution in [-0.2, 0) is 20.9 Å². The molecule has 256 valence electrons. The highest BCUT2D eigenvalue weighted by Gasteiger charge is 2.21. The van der Waals surface area contributed by atoms with Crippen LogP contribution >= 0.6 is 11.6 Å². The van der Waals surface area contributed by atoms with Gasteiger partial charge in [0.25, 0.3) is 0 Å². The third-order valence-electron chi connectivity index (χ3n) is 7.10. The third kappa shape index (κ3) is 17.2. The number of unbranched alkanes of at least 4 members (excludes halogenated alkanes) is 1. The number of carbonyl (C=O) groups excluding carboxylic acids is 3. The van der Waals surface area contributed by atoms with Gasteiger partial charge in [-0.05, 0) is 62.1 Å². The number of aromatic nitrogens is 1. The number of fused-ring (bicyclic) bond motifs is 1. The molecule has 46 heavy (non-hydrogen) atoms. The van der Waals surface area contributed by atoms with Crippen LogP contribution in [0.5, 0.6) is 0 Å². The van der Waals surface area contributed by atoms with E-state index in [-0.39, 0.29) is 41.6 Å². The minimum Gasteiger partial charge on any atom is -0.464 e. The molecule has 2 N–H and O–H groups in total. The fourth-order valence-electron chi connectivity index (χ4n) is 3.67. The van der Waals surface area contributed by atoms with Crippen LogP contribution in [0.3, 0.4) is 0 Å². The molecule has 1 atom stereocenters. The zero-order chi connectivity index (χ0) is 35.3. The van der Waals surface area contributed by atoms with E-state index in [0.29, 0.717) is 12.2 Å². The lowest BCUT2D eigenvalue weighted by Crippen LogP contribution is -2.45. The molecule has 8 nitrogen and oxygen atoms in total. The van der Waals surface area contributed by atoms with Crippen molar-refractivity contribution in [3.8, 4) is 0 Å². The molecule has 3 aromatic rings. The second-order valence-corrected chi connectivity index (χ2v) is 12.0. The summed E-state index contributed by atoms with van der Waals surface area (Å²) in [6.07, 6.45) is 6.34. The van der Waals surface area contributed by atoms with Gasteiger partial charge in [-0.3, -0.25) is 9.78 Å². The number of nitrogens with one attached hydrogen (secondary N) is 1. The SMILES string of the molecule is CC=O.CCC(C)(C)CO.CCCCC(COC(C)=O)N(C)C(=O)NCc1cccc(F)c1Cl.Cc1ccc2cnc(C)cc2c1. The molecular formula is C36H53ClFN3O5. The number of nitrogens with zero attached hydrogens (tertiary/aromatic N) is 2. The van der Waals surface area contributed by atoms with Crippen molar-refractivity contribution in [3.05, 3.63) is 76.3 Å². The smallest absolute Gasteiger partial charge is 0.317 e. The number of rotatable bonds is 10. The van der Waals surface area contributed by atoms with Crippen LogP contribution < -0.4 is 5.32 Å². The Balaban J connectivity index is 0.000000753. The van der Waals surface area contributed by atoms with Gasteiger partial charge in [0, 0.05) is 44.4 Å². The number of ether oxygens (including phenoxy) is 1. The van der Waals surface area contributed by atoms with Gasteiger partial charge in [0.2, 0.25) is 0 Å². The van der Waals surface area contributed by atoms with Crippen LogP contribution in [-0.4, -0.2) is 59.6 Å². The first-order valence-electron chi connectivity index (χ1n) is 15.6. The van der Waals surface area contributed by atoms with E-state index in [1.165, 1.54) is 47.2 Å². The Morgan fingerprint density at radius 2 is 1.80 bits per heavy atom. The largest absolute Gasteiger partial charge is 0.464 e. The van der Waals surface area contributed by atoms with Gasteiger partial charge in [0.05, 0.1) is 11.1 Å². The Morgan fingerprint density at radius 3 is 2.35 bits per heavy atom. The summed E-state index contributed by atoms with van der Waals surface area (Å²) in [6.45, 7) is 15.7. The molecule has 0 saturated heterocycles. The number of likely N-dealkylation sites (N-methyl/N-ethyl adjacent to an activating group) is 1. The molecule has 1 aromatic heterocycles. The number of aliphatic hydroxyl groups is 1. The number of aldehydes is 1. The van der Waals surface area contributed by atoms with Gasteiger partial charge in [-0.15, -0.1) is 0 Å². The molecule has 2 amide bonds. The monoisotopic (exact) mass is 661 g/mol. The van der Waals surface area contributed by atoms with Crippen molar-refractivity contribution in [2.75, 3.05) is 20.3 Å². The molecule has 0 aliphatic rings. The van der Waals surface area contributed by atoms with E-state index in [0.717, 1.165) is 37.7 Å². The molecule has 2 aromatic carbocycles. The van der Waals surface area contributed by atoms with Gasteiger partial charge in [-0.25, -0.2) is 9.18 Å². The summed E-state index contributed by atoms with van der Waals surface area (Å²) in [7, 11) is 1.65. The second-order valence-electron chi connectivity index (χ2n) is 11.7. The standard InChI is InChI=1S/C17H24ClFN2O3.C11H11N.C6H14O.C2H4O/c1-4-5-8-14(11-24-12(2)22)21(3)17(23)20-10-13-7-6-9-15(19)16(13)18;1-8-3-4-10-7-12-9(2)6-11(10)5-8;1-4-6(2,3)5-7;1-2-3/h6-7,9,14H,4-5,8,10-11H2,1-3H3,(H,20,23);3-7H,1-2H3;7H,4-5H2,1-3H3;2H,1H3. The number of halogens is 2. The predicted molar refractivity (Wildman–Crippen MR) is 185 cm³/mol. The molecule has 0 radical (unpaired) electrons. The van der Waals surface area contributed by atoms with Gasteiger partial charge in [0.1, 0.15) is 18.7 Å². The van der Waals surface area contributed by atoms with Crippen molar-refractivity contribution < 1.29 is 28.6 Å². The third-order valence-corrected chi connectivity index (χ3v) is 7.52. The highest BCUT2D eigenvalue weighted by molar-refractivity contribution is 6.31. The lowest BCUT2D eigenvalue weighted by molar-refractivity contribution is -0.142. The zero-order valence-electron chi connectivity index (χ0n) is 29.0. The molecule has 0 bridgehead atoms. The minimum atomic E-state index is -0.521. The van der Waals surface area contributed by atoms with Gasteiger partial charge in [-0.1, -0.05) is 88.0 Å². The maximum atomic E-state index is 13.4. The Bertz CT molecular complexity index is 1310. The maximum absolute atomic E-state index is 13.4. The topological polar surface area (TPSA) is 109 Å². The predicted octanol–water partition coefficient (Wildman–Crippen LogP) is 8.21. The lowest BCUT2D eigenvalue weighted by atomic mass is 9.92. The highest BCUT2D eigenvalue weighted by atomic mass is 35.5. The molecule has 1 heterocycles. The van der Waals surface area contributed by atoms with Gasteiger partial charge in [-0.2, -0.15) is 0 Å². The summed E-state index contributed by atoms with van der Waals surface area (Å²) in [5.41, 5.74) is 3.02. The molecule has 0 spiro atoms. The van der Waals surface area contributed by atoms with Crippen molar-refractivity contribution >= 4 is 40.7 Å². The molecule has 3 rings (SSSR count). The number of esters is 1. The van der Waals surface area contributed by atoms with Gasteiger partial charge >= 0.3 is 12.0 Å². The second kappa shape index (κ2) is 22.9. The van der Waals surface area contributed by atoms with Crippen LogP contribution in [0.4, 0.5) is 9.18 Å². The first kappa shape index (κ1) is 42.4. The number of hydrogen-bond acceptors (Lipinski definition) is 6. The van der Waals surface area contributed by atoms with Gasteiger partial charge < -0.3 is 24.9 Å². The Hall–Kier alpha value is -3.56. The lowest BCUT2D eigenvalue weighted by Gasteiger charge is -2.28. The Labute approximate surface area is 279 Å². The van der Waals surface area contributed by atoms with Crippen molar-refractivity contribution in [2.24, 2.45) is 5.41 Å². The van der Waals surface area contributed by atoms with E-state index in [1.807, 2.05) is 27.0 Å². The van der Waals surface area contributed by atoms with Crippen LogP contribution in [0, 0.1) is 25.1 Å². The number of carbonyl (C=O) groups is 3. The first-order valence-corrected chi connectivity index (χ1v) is 15.9. The van der Waals surface area contributed by atoms with E-state index >= 15 is 0 Å². The summed E-state index contributed by atoms with van der Waals surface area (Å²) < 4.78 is 18.4. The molecule has 0 aliphatic carbocycles. The molecule has 10 heteroatoms. The van der Waals surface area contributed by atoms with Crippen molar-refractivity contribution in [1.29, 1.82) is 0 Å². The van der Waals surface area contributed by atoms with E-state index in [4.69, 9.17) is 26.2 Å². The molecule has 1 unspecified atom stereocenters. The summed E-state index contributed by atoms with van der Waals surface area (Å²) >= 11 is 5.87. The fourth-order valence-corrected chi connectivity index (χ4v) is 3.86. The summed E-state index contributed by atoms with van der Waals surface area (Å²) in [6, 6.07) is 12.4. The number of hydrogen-bond donors (Lipinski definition) is 2. The van der Waals surface area contributed by atoms with Crippen molar-refractivity contribution in [3.63, 3.8) is 0 Å². The summed E-state index contributed by atoms with van der Waals surface area (Å²) in [4.78, 5) is 37.9. The molecule has 0 fully saturated rings. The number of amides is 2. The number of aliphatic hydroxyl groups excluding tert-OH is 1. The van der Waals surface area contributed by atoms with Crippen molar-refractivity contribution in [2.45, 2.75) is 93.7 Å². The van der Waals surface area contributed by atoms with Gasteiger partial charge in [0.15, 0.2) is 0 Å². The molecule has 0 aliphatic heterocycles. The Kier molecular flexibility index (Phi) is 21.1. The average molecular weight is 662 g/mol. The van der Waals surface area contributed by atoms with Crippen LogP contribution in [0.2, 0.25) is 5.02 Å². The van der Waals surface area contributed by atoms with E-state index < -0.39 is 5.82 Å². The summed E-state index contributed by atoms with van der Waals surface area (Å²) in [5.74, 6) is -0.899. The Morgan fingerprint density at radius 1 is 1.15 bits per heavy atom. The maximum Gasteiger partial charge on any atom is 0.317 e. The first-order chi connectivity index (χ1) is 21.7. The number of aryl methyl sites for hydroxylation is 2. The normalized spacial score (nSPS) is 11.0. The van der Waals surface area contributed by atoms with Crippen molar-refractivity contribution in [1.82, 2.24) is 15.2 Å². The van der Waals surface area contributed by atoms with Crippen LogP contribution in [0.25, 0.3) is 10.8 Å². The molecule has 0 saturated carbocycles.